The first kappa shape index (κ1) is 18.8. The predicted molar refractivity (Wildman–Crippen MR) is 92.2 cm³/mol. The fourth-order valence-electron chi connectivity index (χ4n) is 3.09. The third kappa shape index (κ3) is 3.34. The Bertz CT molecular complexity index is 811. The molecule has 3 aliphatic rings. The molecule has 2 amide bonds. The van der Waals surface area contributed by atoms with Gasteiger partial charge in [-0.1, -0.05) is 0 Å². The largest absolute Gasteiger partial charge is 0.475 e. The van der Waals surface area contributed by atoms with E-state index < -0.39 is 42.5 Å². The molecule has 2 aliphatic heterocycles. The van der Waals surface area contributed by atoms with Gasteiger partial charge in [0.2, 0.25) is 5.91 Å². The van der Waals surface area contributed by atoms with E-state index >= 15 is 0 Å². The number of amides is 2. The van der Waals surface area contributed by atoms with E-state index in [1.54, 1.807) is 6.92 Å². The Balaban J connectivity index is 1.54. The number of hydrogen-bond donors (Lipinski definition) is 2. The van der Waals surface area contributed by atoms with Crippen molar-refractivity contribution in [2.45, 2.75) is 37.3 Å². The molecule has 4 rings (SSSR count). The maximum atomic E-state index is 13.2. The Morgan fingerprint density at radius 2 is 2.14 bits per heavy atom. The molecule has 0 spiro atoms. The van der Waals surface area contributed by atoms with Crippen molar-refractivity contribution < 1.29 is 27.8 Å². The molecule has 28 heavy (non-hydrogen) atoms. The summed E-state index contributed by atoms with van der Waals surface area (Å²) in [5.74, 6) is -3.56. The fourth-order valence-corrected chi connectivity index (χ4v) is 3.09. The number of hydrogen-bond acceptors (Lipinski definition) is 7. The van der Waals surface area contributed by atoms with E-state index in [4.69, 9.17) is 15.2 Å². The Morgan fingerprint density at radius 1 is 1.43 bits per heavy atom. The van der Waals surface area contributed by atoms with Crippen LogP contribution in [0.4, 0.5) is 14.6 Å². The number of nitrogens with zero attached hydrogens (tertiary/aromatic N) is 3. The number of alkyl halides is 2. The highest BCUT2D eigenvalue weighted by atomic mass is 19.3. The van der Waals surface area contributed by atoms with E-state index in [0.717, 1.165) is 12.8 Å². The van der Waals surface area contributed by atoms with E-state index in [0.29, 0.717) is 12.5 Å². The van der Waals surface area contributed by atoms with Crippen LogP contribution in [0.3, 0.4) is 0 Å². The van der Waals surface area contributed by atoms with Gasteiger partial charge in [0.25, 0.3) is 17.7 Å². The van der Waals surface area contributed by atoms with Gasteiger partial charge in [-0.05, 0) is 25.7 Å². The lowest BCUT2D eigenvalue weighted by molar-refractivity contribution is -0.162. The molecular formula is C17H21F2N5O4. The number of rotatable bonds is 7. The third-order valence-electron chi connectivity index (χ3n) is 5.28. The van der Waals surface area contributed by atoms with Crippen molar-refractivity contribution in [3.8, 4) is 5.88 Å². The van der Waals surface area contributed by atoms with Gasteiger partial charge in [-0.15, -0.1) is 0 Å². The van der Waals surface area contributed by atoms with Crippen LogP contribution in [0.1, 0.15) is 30.3 Å². The lowest BCUT2D eigenvalue weighted by Gasteiger charge is -2.45. The Kier molecular flexibility index (Phi) is 4.36. The van der Waals surface area contributed by atoms with Gasteiger partial charge in [-0.2, -0.15) is 0 Å². The second-order valence-corrected chi connectivity index (χ2v) is 7.59. The third-order valence-corrected chi connectivity index (χ3v) is 5.28. The van der Waals surface area contributed by atoms with E-state index in [-0.39, 0.29) is 24.0 Å². The first-order chi connectivity index (χ1) is 13.2. The van der Waals surface area contributed by atoms with Gasteiger partial charge in [-0.3, -0.25) is 9.59 Å². The molecule has 1 saturated carbocycles. The number of carbonyl (C=O) groups is 2. The summed E-state index contributed by atoms with van der Waals surface area (Å²) in [7, 11) is 0. The quantitative estimate of drug-likeness (QED) is 0.669. The normalized spacial score (nSPS) is 28.1. The number of nitrogens with one attached hydrogen (secondary N) is 1. The number of aromatic nitrogens is 2. The van der Waals surface area contributed by atoms with Crippen LogP contribution in [0.5, 0.6) is 5.88 Å². The van der Waals surface area contributed by atoms with Crippen molar-refractivity contribution in [1.29, 1.82) is 0 Å². The molecular weight excluding hydrogens is 376 g/mol. The van der Waals surface area contributed by atoms with E-state index in [2.05, 4.69) is 15.3 Å². The zero-order chi connectivity index (χ0) is 20.1. The van der Waals surface area contributed by atoms with Crippen LogP contribution in [0.25, 0.3) is 0 Å². The van der Waals surface area contributed by atoms with E-state index in [1.807, 2.05) is 0 Å². The second kappa shape index (κ2) is 6.50. The zero-order valence-corrected chi connectivity index (χ0v) is 15.3. The zero-order valence-electron chi connectivity index (χ0n) is 15.3. The van der Waals surface area contributed by atoms with Crippen LogP contribution in [0.2, 0.25) is 0 Å². The van der Waals surface area contributed by atoms with Crippen molar-refractivity contribution >= 4 is 17.6 Å². The summed E-state index contributed by atoms with van der Waals surface area (Å²) in [6.45, 7) is 1.01. The van der Waals surface area contributed by atoms with Crippen molar-refractivity contribution in [2.75, 3.05) is 31.2 Å². The average molecular weight is 397 g/mol. The summed E-state index contributed by atoms with van der Waals surface area (Å²) in [5, 5.41) is 2.56. The van der Waals surface area contributed by atoms with Crippen LogP contribution in [0, 0.1) is 5.92 Å². The second-order valence-electron chi connectivity index (χ2n) is 7.59. The van der Waals surface area contributed by atoms with Gasteiger partial charge in [0.05, 0.1) is 38.6 Å². The smallest absolute Gasteiger partial charge is 0.282 e. The number of primary amides is 1. The number of carbonyl (C=O) groups excluding carboxylic acids is 2. The number of ether oxygens (including phenoxy) is 2. The van der Waals surface area contributed by atoms with Crippen LogP contribution in [-0.4, -0.2) is 65.7 Å². The van der Waals surface area contributed by atoms with Gasteiger partial charge in [0.15, 0.2) is 17.1 Å². The summed E-state index contributed by atoms with van der Waals surface area (Å²) in [4.78, 5) is 34.0. The lowest BCUT2D eigenvalue weighted by atomic mass is 9.88. The fraction of sp³-hybridized carbons (Fsp3) is 0.647. The van der Waals surface area contributed by atoms with E-state index in [9.17, 15) is 18.4 Å². The van der Waals surface area contributed by atoms with E-state index in [1.165, 1.54) is 11.1 Å². The highest BCUT2D eigenvalue weighted by Crippen LogP contribution is 2.36. The number of anilines is 1. The van der Waals surface area contributed by atoms with Crippen LogP contribution >= 0.6 is 0 Å². The highest BCUT2D eigenvalue weighted by molar-refractivity contribution is 5.98. The van der Waals surface area contributed by atoms with Crippen molar-refractivity contribution in [3.63, 3.8) is 0 Å². The molecule has 1 aromatic heterocycles. The van der Waals surface area contributed by atoms with Crippen molar-refractivity contribution in [3.05, 3.63) is 11.9 Å². The molecule has 9 nitrogen and oxygen atoms in total. The minimum atomic E-state index is -2.78. The molecule has 3 heterocycles. The minimum absolute atomic E-state index is 0.0288. The first-order valence-corrected chi connectivity index (χ1v) is 9.07. The molecule has 152 valence electrons. The average Bonchev–Trinajstić information content (AvgIpc) is 3.44. The summed E-state index contributed by atoms with van der Waals surface area (Å²) in [6, 6.07) is 0. The molecule has 3 fully saturated rings. The van der Waals surface area contributed by atoms with Gasteiger partial charge < -0.3 is 25.4 Å². The molecule has 2 unspecified atom stereocenters. The molecule has 1 aliphatic carbocycles. The van der Waals surface area contributed by atoms with Crippen molar-refractivity contribution in [2.24, 2.45) is 11.7 Å². The number of nitrogens with two attached hydrogens (primary N) is 1. The van der Waals surface area contributed by atoms with Crippen LogP contribution < -0.4 is 20.7 Å². The molecule has 3 N–H and O–H groups in total. The van der Waals surface area contributed by atoms with Gasteiger partial charge >= 0.3 is 0 Å². The standard InChI is InChI=1S/C17H21F2N5O4/c1-9-17(8-28-9,15(20)26)23-13(25)11-4-21-12(24-6-16(18,19)7-24)14(22-11)27-5-10-2-3-10/h4,9-10H,2-3,5-8H2,1H3,(H2,20,26)(H,23,25). The summed E-state index contributed by atoms with van der Waals surface area (Å²) < 4.78 is 37.3. The minimum Gasteiger partial charge on any atom is -0.475 e. The van der Waals surface area contributed by atoms with Gasteiger partial charge in [0, 0.05) is 0 Å². The highest BCUT2D eigenvalue weighted by Gasteiger charge is 2.52. The Labute approximate surface area is 159 Å². The first-order valence-electron chi connectivity index (χ1n) is 9.07. The maximum absolute atomic E-state index is 13.2. The molecule has 11 heteroatoms. The van der Waals surface area contributed by atoms with Crippen molar-refractivity contribution in [1.82, 2.24) is 15.3 Å². The summed E-state index contributed by atoms with van der Waals surface area (Å²) in [6.07, 6.45) is 2.66. The molecule has 2 atom stereocenters. The molecule has 1 aromatic rings. The lowest BCUT2D eigenvalue weighted by Crippen LogP contribution is -2.73. The monoisotopic (exact) mass is 397 g/mol. The van der Waals surface area contributed by atoms with Gasteiger partial charge in [0.1, 0.15) is 0 Å². The molecule has 0 radical (unpaired) electrons. The Hall–Kier alpha value is -2.56. The SMILES string of the molecule is CC1OCC1(NC(=O)c1cnc(N2CC(F)(F)C2)c(OCC2CC2)n1)C(N)=O. The Morgan fingerprint density at radius 3 is 2.64 bits per heavy atom. The topological polar surface area (TPSA) is 120 Å². The predicted octanol–water partition coefficient (Wildman–Crippen LogP) is 0.0933. The van der Waals surface area contributed by atoms with Crippen LogP contribution in [0.15, 0.2) is 6.20 Å². The van der Waals surface area contributed by atoms with Crippen LogP contribution in [-0.2, 0) is 9.53 Å². The molecule has 0 aromatic carbocycles. The molecule has 2 saturated heterocycles. The number of halogens is 2. The summed E-state index contributed by atoms with van der Waals surface area (Å²) >= 11 is 0. The van der Waals surface area contributed by atoms with Gasteiger partial charge in [-0.25, -0.2) is 18.7 Å². The summed E-state index contributed by atoms with van der Waals surface area (Å²) in [5.41, 5.74) is 4.00. The molecule has 0 bridgehead atoms. The maximum Gasteiger partial charge on any atom is 0.282 e.